The third kappa shape index (κ3) is 3.92. The van der Waals surface area contributed by atoms with Gasteiger partial charge in [0.05, 0.1) is 19.6 Å². The van der Waals surface area contributed by atoms with Gasteiger partial charge in [-0.1, -0.05) is 12.8 Å². The molecule has 1 heterocycles. The summed E-state index contributed by atoms with van der Waals surface area (Å²) in [6, 6.07) is 4.81. The number of hydrogen-bond acceptors (Lipinski definition) is 3. The Hall–Kier alpha value is -1.24. The Balaban J connectivity index is 1.81. The smallest absolute Gasteiger partial charge is 0.118 e. The van der Waals surface area contributed by atoms with Crippen LogP contribution in [0.5, 0.6) is 0 Å². The SMILES string of the molecule is C#CCN(CC)Cc1ccc(CNC2CC2)o1. The van der Waals surface area contributed by atoms with Crippen LogP contribution in [-0.2, 0) is 13.1 Å². The van der Waals surface area contributed by atoms with Crippen LogP contribution >= 0.6 is 0 Å². The van der Waals surface area contributed by atoms with E-state index < -0.39 is 0 Å². The predicted octanol–water partition coefficient (Wildman–Crippen LogP) is 1.99. The average molecular weight is 232 g/mol. The van der Waals surface area contributed by atoms with Crippen LogP contribution in [-0.4, -0.2) is 24.0 Å². The highest BCUT2D eigenvalue weighted by Crippen LogP contribution is 2.19. The van der Waals surface area contributed by atoms with Gasteiger partial charge in [0.2, 0.25) is 0 Å². The monoisotopic (exact) mass is 232 g/mol. The van der Waals surface area contributed by atoms with E-state index in [2.05, 4.69) is 29.1 Å². The van der Waals surface area contributed by atoms with Crippen molar-refractivity contribution in [3.63, 3.8) is 0 Å². The number of nitrogens with one attached hydrogen (secondary N) is 1. The third-order valence-corrected chi connectivity index (χ3v) is 3.00. The summed E-state index contributed by atoms with van der Waals surface area (Å²) < 4.78 is 5.77. The molecule has 1 aliphatic rings. The lowest BCUT2D eigenvalue weighted by molar-refractivity contribution is 0.280. The van der Waals surface area contributed by atoms with Crippen molar-refractivity contribution in [3.05, 3.63) is 23.7 Å². The molecule has 0 amide bonds. The van der Waals surface area contributed by atoms with Crippen molar-refractivity contribution in [3.8, 4) is 12.3 Å². The first kappa shape index (κ1) is 12.2. The molecule has 0 aliphatic heterocycles. The molecular weight excluding hydrogens is 212 g/mol. The van der Waals surface area contributed by atoms with E-state index in [-0.39, 0.29) is 0 Å². The largest absolute Gasteiger partial charge is 0.463 e. The summed E-state index contributed by atoms with van der Waals surface area (Å²) in [5.74, 6) is 4.68. The molecule has 3 nitrogen and oxygen atoms in total. The summed E-state index contributed by atoms with van der Waals surface area (Å²) >= 11 is 0. The molecular formula is C14H20N2O. The van der Waals surface area contributed by atoms with E-state index in [4.69, 9.17) is 10.8 Å². The van der Waals surface area contributed by atoms with Gasteiger partial charge < -0.3 is 9.73 Å². The van der Waals surface area contributed by atoms with Crippen molar-refractivity contribution >= 4 is 0 Å². The van der Waals surface area contributed by atoms with Crippen LogP contribution in [0.1, 0.15) is 31.3 Å². The van der Waals surface area contributed by atoms with Gasteiger partial charge in [-0.3, -0.25) is 4.90 Å². The highest BCUT2D eigenvalue weighted by molar-refractivity contribution is 5.08. The molecule has 0 bridgehead atoms. The molecule has 0 atom stereocenters. The molecule has 2 rings (SSSR count). The number of terminal acetylenes is 1. The molecule has 1 fully saturated rings. The Bertz CT molecular complexity index is 387. The van der Waals surface area contributed by atoms with E-state index in [1.807, 2.05) is 6.07 Å². The Kier molecular flexibility index (Phi) is 4.24. The Morgan fingerprint density at radius 1 is 1.47 bits per heavy atom. The second kappa shape index (κ2) is 5.90. The van der Waals surface area contributed by atoms with E-state index in [0.29, 0.717) is 6.54 Å². The lowest BCUT2D eigenvalue weighted by Gasteiger charge is -2.15. The Labute approximate surface area is 103 Å². The van der Waals surface area contributed by atoms with Crippen molar-refractivity contribution in [1.82, 2.24) is 10.2 Å². The maximum Gasteiger partial charge on any atom is 0.118 e. The van der Waals surface area contributed by atoms with Gasteiger partial charge in [-0.2, -0.15) is 0 Å². The summed E-state index contributed by atoms with van der Waals surface area (Å²) in [5.41, 5.74) is 0. The first-order chi connectivity index (χ1) is 8.31. The highest BCUT2D eigenvalue weighted by Gasteiger charge is 2.20. The molecule has 17 heavy (non-hydrogen) atoms. The second-order valence-electron chi connectivity index (χ2n) is 4.53. The van der Waals surface area contributed by atoms with Crippen molar-refractivity contribution in [2.24, 2.45) is 0 Å². The molecule has 0 radical (unpaired) electrons. The van der Waals surface area contributed by atoms with Gasteiger partial charge in [-0.05, 0) is 31.5 Å². The average Bonchev–Trinajstić information content (AvgIpc) is 3.06. The Morgan fingerprint density at radius 3 is 2.88 bits per heavy atom. The van der Waals surface area contributed by atoms with Crippen molar-refractivity contribution in [2.45, 2.75) is 38.9 Å². The molecule has 3 heteroatoms. The van der Waals surface area contributed by atoms with Crippen LogP contribution in [0.15, 0.2) is 16.5 Å². The third-order valence-electron chi connectivity index (χ3n) is 3.00. The molecule has 0 unspecified atom stereocenters. The minimum atomic E-state index is 0.673. The molecule has 1 aromatic rings. The van der Waals surface area contributed by atoms with Crippen molar-refractivity contribution < 1.29 is 4.42 Å². The van der Waals surface area contributed by atoms with Crippen LogP contribution < -0.4 is 5.32 Å². The van der Waals surface area contributed by atoms with Gasteiger partial charge in [0.1, 0.15) is 11.5 Å². The lowest BCUT2D eigenvalue weighted by Crippen LogP contribution is -2.22. The van der Waals surface area contributed by atoms with Crippen molar-refractivity contribution in [2.75, 3.05) is 13.1 Å². The zero-order valence-electron chi connectivity index (χ0n) is 10.4. The van der Waals surface area contributed by atoms with E-state index in [1.54, 1.807) is 0 Å². The van der Waals surface area contributed by atoms with Gasteiger partial charge in [-0.25, -0.2) is 0 Å². The highest BCUT2D eigenvalue weighted by atomic mass is 16.3. The first-order valence-electron chi connectivity index (χ1n) is 6.28. The van der Waals surface area contributed by atoms with Crippen LogP contribution in [0.25, 0.3) is 0 Å². The summed E-state index contributed by atoms with van der Waals surface area (Å²) in [7, 11) is 0. The van der Waals surface area contributed by atoms with E-state index >= 15 is 0 Å². The van der Waals surface area contributed by atoms with Crippen LogP contribution in [0, 0.1) is 12.3 Å². The molecule has 92 valence electrons. The first-order valence-corrected chi connectivity index (χ1v) is 6.28. The quantitative estimate of drug-likeness (QED) is 0.729. The minimum Gasteiger partial charge on any atom is -0.463 e. The summed E-state index contributed by atoms with van der Waals surface area (Å²) in [6.07, 6.45) is 7.93. The standard InChI is InChI=1S/C14H20N2O/c1-3-9-16(4-2)11-14-8-7-13(17-14)10-15-12-5-6-12/h1,7-8,12,15H,4-6,9-11H2,2H3. The predicted molar refractivity (Wildman–Crippen MR) is 68.4 cm³/mol. The van der Waals surface area contributed by atoms with Gasteiger partial charge in [0, 0.05) is 6.04 Å². The molecule has 0 spiro atoms. The number of furan rings is 1. The molecule has 1 aliphatic carbocycles. The second-order valence-corrected chi connectivity index (χ2v) is 4.53. The molecule has 0 aromatic carbocycles. The van der Waals surface area contributed by atoms with E-state index in [1.165, 1.54) is 12.8 Å². The molecule has 1 aromatic heterocycles. The molecule has 1 saturated carbocycles. The fourth-order valence-corrected chi connectivity index (χ4v) is 1.76. The normalized spacial score (nSPS) is 15.1. The number of hydrogen-bond donors (Lipinski definition) is 1. The zero-order valence-corrected chi connectivity index (χ0v) is 10.4. The van der Waals surface area contributed by atoms with Crippen LogP contribution in [0.2, 0.25) is 0 Å². The molecule has 0 saturated heterocycles. The maximum atomic E-state index is 5.77. The summed E-state index contributed by atoms with van der Waals surface area (Å²) in [5, 5.41) is 3.44. The maximum absolute atomic E-state index is 5.77. The zero-order chi connectivity index (χ0) is 12.1. The van der Waals surface area contributed by atoms with Crippen molar-refractivity contribution in [1.29, 1.82) is 0 Å². The van der Waals surface area contributed by atoms with Gasteiger partial charge in [0.25, 0.3) is 0 Å². The number of rotatable bonds is 7. The number of nitrogens with zero attached hydrogens (tertiary/aromatic N) is 1. The lowest BCUT2D eigenvalue weighted by atomic mass is 10.3. The Morgan fingerprint density at radius 2 is 2.24 bits per heavy atom. The fraction of sp³-hybridized carbons (Fsp3) is 0.571. The van der Waals surface area contributed by atoms with Crippen LogP contribution in [0.3, 0.4) is 0 Å². The topological polar surface area (TPSA) is 28.4 Å². The van der Waals surface area contributed by atoms with E-state index in [0.717, 1.165) is 37.2 Å². The van der Waals surface area contributed by atoms with E-state index in [9.17, 15) is 0 Å². The van der Waals surface area contributed by atoms with Gasteiger partial charge in [-0.15, -0.1) is 6.42 Å². The minimum absolute atomic E-state index is 0.673. The van der Waals surface area contributed by atoms with Gasteiger partial charge in [0.15, 0.2) is 0 Å². The van der Waals surface area contributed by atoms with Crippen LogP contribution in [0.4, 0.5) is 0 Å². The molecule has 1 N–H and O–H groups in total. The van der Waals surface area contributed by atoms with Gasteiger partial charge >= 0.3 is 0 Å². The summed E-state index contributed by atoms with van der Waals surface area (Å²) in [6.45, 7) is 5.36. The fourth-order valence-electron chi connectivity index (χ4n) is 1.76. The summed E-state index contributed by atoms with van der Waals surface area (Å²) in [4.78, 5) is 2.18.